The second kappa shape index (κ2) is 2.18. The Morgan fingerprint density at radius 1 is 1.62 bits per heavy atom. The van der Waals surface area contributed by atoms with Crippen LogP contribution in [0.25, 0.3) is 6.08 Å². The van der Waals surface area contributed by atoms with Crippen LogP contribution in [0.3, 0.4) is 0 Å². The Balaban J connectivity index is 3.09. The summed E-state index contributed by atoms with van der Waals surface area (Å²) in [6.07, 6.45) is 1.88. The van der Waals surface area contributed by atoms with Crippen LogP contribution in [0.4, 0.5) is 0 Å². The molecule has 0 aromatic carbocycles. The van der Waals surface area contributed by atoms with Crippen molar-refractivity contribution in [1.82, 2.24) is 0 Å². The third-order valence-corrected chi connectivity index (χ3v) is 1.99. The van der Waals surface area contributed by atoms with Gasteiger partial charge in [-0.3, -0.25) is 0 Å². The molecule has 1 rings (SSSR count). The molecule has 1 heterocycles. The molecule has 1 aromatic heterocycles. The Bertz CT molecular complexity index is 190. The maximum absolute atomic E-state index is 3.67. The predicted molar refractivity (Wildman–Crippen MR) is 42.6 cm³/mol. The monoisotopic (exact) mass is 122 g/mol. The van der Waals surface area contributed by atoms with Gasteiger partial charge in [-0.2, -0.15) is 11.3 Å². The van der Waals surface area contributed by atoms with Crippen molar-refractivity contribution < 1.29 is 0 Å². The summed E-state index contributed by atoms with van der Waals surface area (Å²) in [5.41, 5.74) is 2.58. The van der Waals surface area contributed by atoms with Gasteiger partial charge in [-0.05, 0) is 16.3 Å². The largest absolute Gasteiger partial charge is 0.152 e. The standard InChI is InChI=1S/C6H7BS/c1-2-5-3-8-4-6(5)7/h2-4H,1,7H2. The van der Waals surface area contributed by atoms with E-state index in [1.54, 1.807) is 11.3 Å². The van der Waals surface area contributed by atoms with E-state index in [2.05, 4.69) is 25.2 Å². The molecule has 0 aliphatic rings. The van der Waals surface area contributed by atoms with Gasteiger partial charge in [0.05, 0.1) is 0 Å². The van der Waals surface area contributed by atoms with E-state index in [0.717, 1.165) is 0 Å². The second-order valence-corrected chi connectivity index (χ2v) is 2.46. The zero-order chi connectivity index (χ0) is 5.98. The molecule has 0 N–H and O–H groups in total. The number of rotatable bonds is 1. The molecule has 0 nitrogen and oxygen atoms in total. The molecule has 8 heavy (non-hydrogen) atoms. The first kappa shape index (κ1) is 5.64. The van der Waals surface area contributed by atoms with Gasteiger partial charge in [0.1, 0.15) is 7.85 Å². The molecule has 0 saturated heterocycles. The van der Waals surface area contributed by atoms with Crippen LogP contribution in [0.1, 0.15) is 5.56 Å². The Morgan fingerprint density at radius 2 is 2.38 bits per heavy atom. The highest BCUT2D eigenvalue weighted by Gasteiger charge is 1.89. The SMILES string of the molecule is Bc1cscc1C=C. The first-order valence-corrected chi connectivity index (χ1v) is 3.44. The van der Waals surface area contributed by atoms with Gasteiger partial charge in [-0.15, -0.1) is 0 Å². The van der Waals surface area contributed by atoms with Crippen LogP contribution >= 0.6 is 11.3 Å². The summed E-state index contributed by atoms with van der Waals surface area (Å²) in [6, 6.07) is 0. The number of hydrogen-bond donors (Lipinski definition) is 0. The minimum atomic E-state index is 1.26. The van der Waals surface area contributed by atoms with E-state index in [4.69, 9.17) is 0 Å². The molecule has 0 aliphatic heterocycles. The van der Waals surface area contributed by atoms with E-state index < -0.39 is 0 Å². The van der Waals surface area contributed by atoms with E-state index in [9.17, 15) is 0 Å². The van der Waals surface area contributed by atoms with E-state index in [0.29, 0.717) is 0 Å². The van der Waals surface area contributed by atoms with E-state index >= 15 is 0 Å². The van der Waals surface area contributed by atoms with Gasteiger partial charge in [0.25, 0.3) is 0 Å². The van der Waals surface area contributed by atoms with Crippen LogP contribution in [0, 0.1) is 0 Å². The average molecular weight is 122 g/mol. The molecule has 40 valence electrons. The Morgan fingerprint density at radius 3 is 2.62 bits per heavy atom. The lowest BCUT2D eigenvalue weighted by molar-refractivity contribution is 1.99. The van der Waals surface area contributed by atoms with Gasteiger partial charge in [0, 0.05) is 0 Å². The summed E-state index contributed by atoms with van der Waals surface area (Å²) >= 11 is 1.72. The van der Waals surface area contributed by atoms with Crippen molar-refractivity contribution in [3.63, 3.8) is 0 Å². The maximum atomic E-state index is 3.67. The van der Waals surface area contributed by atoms with Crippen LogP contribution in [0.5, 0.6) is 0 Å². The summed E-state index contributed by atoms with van der Waals surface area (Å²) in [5.74, 6) is 0. The second-order valence-electron chi connectivity index (χ2n) is 1.71. The highest BCUT2D eigenvalue weighted by Crippen LogP contribution is 2.01. The molecule has 0 aliphatic carbocycles. The van der Waals surface area contributed by atoms with Gasteiger partial charge in [0.15, 0.2) is 0 Å². The topological polar surface area (TPSA) is 0 Å². The Labute approximate surface area is 54.3 Å². The highest BCUT2D eigenvalue weighted by molar-refractivity contribution is 7.09. The zero-order valence-electron chi connectivity index (χ0n) is 4.85. The molecule has 2 heteroatoms. The van der Waals surface area contributed by atoms with Crippen LogP contribution < -0.4 is 5.46 Å². The highest BCUT2D eigenvalue weighted by atomic mass is 32.1. The Kier molecular flexibility index (Phi) is 1.54. The zero-order valence-corrected chi connectivity index (χ0v) is 5.66. The summed E-state index contributed by atoms with van der Waals surface area (Å²) in [7, 11) is 2.09. The van der Waals surface area contributed by atoms with Crippen molar-refractivity contribution in [2.75, 3.05) is 0 Å². The van der Waals surface area contributed by atoms with Crippen molar-refractivity contribution in [3.05, 3.63) is 22.9 Å². The van der Waals surface area contributed by atoms with Gasteiger partial charge in [-0.1, -0.05) is 18.1 Å². The fraction of sp³-hybridized carbons (Fsp3) is 0. The van der Waals surface area contributed by atoms with Crippen LogP contribution in [-0.4, -0.2) is 7.85 Å². The van der Waals surface area contributed by atoms with Gasteiger partial charge < -0.3 is 0 Å². The lowest BCUT2D eigenvalue weighted by atomic mass is 9.96. The first-order valence-electron chi connectivity index (χ1n) is 2.50. The van der Waals surface area contributed by atoms with E-state index in [1.807, 2.05) is 6.08 Å². The Hall–Kier alpha value is -0.495. The fourth-order valence-electron chi connectivity index (χ4n) is 0.579. The number of thiophene rings is 1. The minimum absolute atomic E-state index is 1.26. The third kappa shape index (κ3) is 0.844. The smallest absolute Gasteiger partial charge is 0.141 e. The summed E-state index contributed by atoms with van der Waals surface area (Å²) < 4.78 is 0. The molecule has 0 unspecified atom stereocenters. The normalized spacial score (nSPS) is 9.00. The third-order valence-electron chi connectivity index (χ3n) is 1.12. The number of hydrogen-bond acceptors (Lipinski definition) is 1. The summed E-state index contributed by atoms with van der Waals surface area (Å²) in [4.78, 5) is 0. The first-order chi connectivity index (χ1) is 3.84. The van der Waals surface area contributed by atoms with Crippen molar-refractivity contribution in [3.8, 4) is 0 Å². The minimum Gasteiger partial charge on any atom is -0.152 e. The molecular formula is C6H7BS. The molecule has 0 amide bonds. The van der Waals surface area contributed by atoms with Crippen molar-refractivity contribution in [2.45, 2.75) is 0 Å². The van der Waals surface area contributed by atoms with Crippen molar-refractivity contribution >= 4 is 30.7 Å². The maximum Gasteiger partial charge on any atom is 0.141 e. The molecule has 0 spiro atoms. The molecular weight excluding hydrogens is 115 g/mol. The van der Waals surface area contributed by atoms with Gasteiger partial charge in [0.2, 0.25) is 0 Å². The van der Waals surface area contributed by atoms with Gasteiger partial charge >= 0.3 is 0 Å². The van der Waals surface area contributed by atoms with Crippen molar-refractivity contribution in [1.29, 1.82) is 0 Å². The van der Waals surface area contributed by atoms with E-state index in [1.165, 1.54) is 11.0 Å². The summed E-state index contributed by atoms with van der Waals surface area (Å²) in [5, 5.41) is 4.22. The van der Waals surface area contributed by atoms with Crippen LogP contribution in [0.2, 0.25) is 0 Å². The fourth-order valence-corrected chi connectivity index (χ4v) is 1.42. The predicted octanol–water partition coefficient (Wildman–Crippen LogP) is 0.650. The molecule has 0 radical (unpaired) electrons. The molecule has 0 bridgehead atoms. The quantitative estimate of drug-likeness (QED) is 0.479. The summed E-state index contributed by atoms with van der Waals surface area (Å²) in [6.45, 7) is 3.67. The van der Waals surface area contributed by atoms with E-state index in [-0.39, 0.29) is 0 Å². The molecule has 1 aromatic rings. The molecule has 0 atom stereocenters. The lowest BCUT2D eigenvalue weighted by Crippen LogP contribution is -1.99. The molecule has 0 fully saturated rings. The molecule has 0 saturated carbocycles. The van der Waals surface area contributed by atoms with Crippen LogP contribution in [0.15, 0.2) is 17.3 Å². The van der Waals surface area contributed by atoms with Gasteiger partial charge in [-0.25, -0.2) is 0 Å². The van der Waals surface area contributed by atoms with Crippen LogP contribution in [-0.2, 0) is 0 Å². The van der Waals surface area contributed by atoms with Crippen molar-refractivity contribution in [2.24, 2.45) is 0 Å². The lowest BCUT2D eigenvalue weighted by Gasteiger charge is -1.82. The average Bonchev–Trinajstić information content (AvgIpc) is 2.14.